The molecule has 41 heavy (non-hydrogen) atoms. The summed E-state index contributed by atoms with van der Waals surface area (Å²) < 4.78 is 73.8. The van der Waals surface area contributed by atoms with Crippen LogP contribution in [0.2, 0.25) is 0 Å². The van der Waals surface area contributed by atoms with Gasteiger partial charge in [0.25, 0.3) is 0 Å². The fraction of sp³-hybridized carbons (Fsp3) is 0.367. The largest absolute Gasteiger partial charge is 0.471 e. The summed E-state index contributed by atoms with van der Waals surface area (Å²) in [4.78, 5) is 34.9. The predicted molar refractivity (Wildman–Crippen MR) is 141 cm³/mol. The van der Waals surface area contributed by atoms with E-state index in [0.717, 1.165) is 28.7 Å². The molecule has 0 saturated carbocycles. The SMILES string of the molecule is CC(=O)c1ccc(CC2=CCN(C(=O)C(F)(F)F)C=C2)cc1.O=C(N1CCC(Cc2ccccc2)CC1)C(F)(F)F. The summed E-state index contributed by atoms with van der Waals surface area (Å²) in [7, 11) is 0. The molecule has 0 aromatic heterocycles. The van der Waals surface area contributed by atoms with Gasteiger partial charge >= 0.3 is 24.2 Å². The molecule has 0 unspecified atom stereocenters. The Morgan fingerprint density at radius 1 is 0.805 bits per heavy atom. The first kappa shape index (κ1) is 31.6. The number of nitrogens with zero attached hydrogens (tertiary/aromatic N) is 2. The van der Waals surface area contributed by atoms with Crippen molar-refractivity contribution in [1.82, 2.24) is 9.80 Å². The van der Waals surface area contributed by atoms with Crippen LogP contribution < -0.4 is 0 Å². The highest BCUT2D eigenvalue weighted by atomic mass is 19.4. The number of allylic oxidation sites excluding steroid dienone is 2. The van der Waals surface area contributed by atoms with Crippen molar-refractivity contribution in [2.24, 2.45) is 5.92 Å². The van der Waals surface area contributed by atoms with Crippen LogP contribution in [0.4, 0.5) is 26.3 Å². The molecule has 0 aliphatic carbocycles. The fourth-order valence-corrected chi connectivity index (χ4v) is 4.53. The minimum absolute atomic E-state index is 0.0235. The third-order valence-corrected chi connectivity index (χ3v) is 6.80. The number of hydrogen-bond acceptors (Lipinski definition) is 3. The second kappa shape index (κ2) is 13.6. The zero-order chi connectivity index (χ0) is 30.2. The predicted octanol–water partition coefficient (Wildman–Crippen LogP) is 6.31. The summed E-state index contributed by atoms with van der Waals surface area (Å²) in [5, 5.41) is 0. The Labute approximate surface area is 234 Å². The number of amides is 2. The molecule has 2 aromatic rings. The number of alkyl halides is 6. The molecule has 2 aromatic carbocycles. The summed E-state index contributed by atoms with van der Waals surface area (Å²) in [6, 6.07) is 16.9. The highest BCUT2D eigenvalue weighted by Crippen LogP contribution is 2.26. The summed E-state index contributed by atoms with van der Waals surface area (Å²) in [5.74, 6) is -3.24. The quantitative estimate of drug-likeness (QED) is 0.308. The van der Waals surface area contributed by atoms with Crippen LogP contribution in [0.25, 0.3) is 0 Å². The Bertz CT molecular complexity index is 1260. The van der Waals surface area contributed by atoms with Crippen LogP contribution in [0.5, 0.6) is 0 Å². The van der Waals surface area contributed by atoms with E-state index in [4.69, 9.17) is 0 Å². The van der Waals surface area contributed by atoms with Gasteiger partial charge in [-0.25, -0.2) is 0 Å². The van der Waals surface area contributed by atoms with Crippen molar-refractivity contribution < 1.29 is 40.7 Å². The summed E-state index contributed by atoms with van der Waals surface area (Å²) >= 11 is 0. The molecule has 4 rings (SSSR count). The Morgan fingerprint density at radius 3 is 1.88 bits per heavy atom. The standard InChI is InChI=1S/C16H14F3NO2.C14H16F3NO/c1-11(21)14-4-2-12(3-5-14)10-13-6-8-20(9-7-13)15(22)16(17,18)19;15-14(16,17)13(19)18-8-6-12(7-9-18)10-11-4-2-1-3-5-11/h2-8H,9-10H2,1H3;1-5,12H,6-10H2. The van der Waals surface area contributed by atoms with Gasteiger partial charge in [0.1, 0.15) is 0 Å². The Balaban J connectivity index is 0.000000228. The second-order valence-corrected chi connectivity index (χ2v) is 9.90. The lowest BCUT2D eigenvalue weighted by atomic mass is 9.90. The van der Waals surface area contributed by atoms with E-state index < -0.39 is 24.2 Å². The molecule has 5 nitrogen and oxygen atoms in total. The monoisotopic (exact) mass is 580 g/mol. The molecular formula is C30H30F6N2O3. The van der Waals surface area contributed by atoms with Gasteiger partial charge in [-0.1, -0.05) is 60.7 Å². The molecule has 2 heterocycles. The molecule has 0 N–H and O–H groups in total. The van der Waals surface area contributed by atoms with Crippen molar-refractivity contribution in [3.05, 3.63) is 95.2 Å². The maximum atomic E-state index is 12.3. The van der Waals surface area contributed by atoms with Gasteiger partial charge in [-0.3, -0.25) is 14.4 Å². The maximum absolute atomic E-state index is 12.3. The molecule has 220 valence electrons. The number of carbonyl (C=O) groups is 3. The molecule has 2 aliphatic rings. The van der Waals surface area contributed by atoms with Gasteiger partial charge in [-0.15, -0.1) is 0 Å². The number of likely N-dealkylation sites (tertiary alicyclic amines) is 1. The second-order valence-electron chi connectivity index (χ2n) is 9.90. The van der Waals surface area contributed by atoms with Crippen LogP contribution >= 0.6 is 0 Å². The molecule has 0 bridgehead atoms. The van der Waals surface area contributed by atoms with Crippen molar-refractivity contribution in [1.29, 1.82) is 0 Å². The number of hydrogen-bond donors (Lipinski definition) is 0. The molecular weight excluding hydrogens is 550 g/mol. The lowest BCUT2D eigenvalue weighted by Gasteiger charge is -2.32. The van der Waals surface area contributed by atoms with E-state index in [1.165, 1.54) is 18.6 Å². The molecule has 11 heteroatoms. The van der Waals surface area contributed by atoms with Crippen LogP contribution in [-0.2, 0) is 22.4 Å². The lowest BCUT2D eigenvalue weighted by Crippen LogP contribution is -2.45. The minimum atomic E-state index is -4.86. The molecule has 0 spiro atoms. The molecule has 1 saturated heterocycles. The topological polar surface area (TPSA) is 57.7 Å². The van der Waals surface area contributed by atoms with Crippen LogP contribution in [0, 0.1) is 5.92 Å². The van der Waals surface area contributed by atoms with Crippen LogP contribution in [0.15, 0.2) is 78.5 Å². The zero-order valence-electron chi connectivity index (χ0n) is 22.3. The van der Waals surface area contributed by atoms with E-state index >= 15 is 0 Å². The summed E-state index contributed by atoms with van der Waals surface area (Å²) in [6.45, 7) is 1.79. The highest BCUT2D eigenvalue weighted by Gasteiger charge is 2.43. The lowest BCUT2D eigenvalue weighted by molar-refractivity contribution is -0.186. The van der Waals surface area contributed by atoms with Crippen LogP contribution in [0.1, 0.15) is 41.3 Å². The van der Waals surface area contributed by atoms with Gasteiger partial charge in [-0.05, 0) is 61.3 Å². The number of carbonyl (C=O) groups excluding carboxylic acids is 3. The van der Waals surface area contributed by atoms with E-state index in [2.05, 4.69) is 0 Å². The van der Waals surface area contributed by atoms with Crippen LogP contribution in [-0.4, -0.2) is 59.4 Å². The number of piperidine rings is 1. The van der Waals surface area contributed by atoms with Gasteiger partial charge < -0.3 is 9.80 Å². The van der Waals surface area contributed by atoms with Gasteiger partial charge in [-0.2, -0.15) is 26.3 Å². The van der Waals surface area contributed by atoms with E-state index in [1.54, 1.807) is 30.3 Å². The first-order valence-electron chi connectivity index (χ1n) is 13.0. The molecule has 0 atom stereocenters. The van der Waals surface area contributed by atoms with Gasteiger partial charge in [0, 0.05) is 31.4 Å². The number of ketones is 1. The van der Waals surface area contributed by atoms with Crippen molar-refractivity contribution >= 4 is 17.6 Å². The van der Waals surface area contributed by atoms with Gasteiger partial charge in [0.05, 0.1) is 0 Å². The van der Waals surface area contributed by atoms with Gasteiger partial charge in [0.2, 0.25) is 0 Å². The number of halogens is 6. The molecule has 2 aliphatic heterocycles. The zero-order valence-corrected chi connectivity index (χ0v) is 22.3. The first-order chi connectivity index (χ1) is 19.2. The normalized spacial score (nSPS) is 16.0. The average Bonchev–Trinajstić information content (AvgIpc) is 2.93. The van der Waals surface area contributed by atoms with E-state index in [0.29, 0.717) is 35.6 Å². The minimum Gasteiger partial charge on any atom is -0.335 e. The summed E-state index contributed by atoms with van der Waals surface area (Å²) in [6.07, 6.45) is -2.71. The smallest absolute Gasteiger partial charge is 0.335 e. The van der Waals surface area contributed by atoms with E-state index in [9.17, 15) is 40.7 Å². The van der Waals surface area contributed by atoms with Crippen molar-refractivity contribution in [2.45, 2.75) is 45.0 Å². The van der Waals surface area contributed by atoms with Crippen LogP contribution in [0.3, 0.4) is 0 Å². The fourth-order valence-electron chi connectivity index (χ4n) is 4.53. The molecule has 2 amide bonds. The van der Waals surface area contributed by atoms with Crippen molar-refractivity contribution in [3.63, 3.8) is 0 Å². The van der Waals surface area contributed by atoms with E-state index in [-0.39, 0.29) is 25.4 Å². The summed E-state index contributed by atoms with van der Waals surface area (Å²) in [5.41, 5.74) is 3.57. The number of Topliss-reactive ketones (excluding diaryl/α,β-unsaturated/α-hetero) is 1. The third kappa shape index (κ3) is 9.61. The number of benzene rings is 2. The van der Waals surface area contributed by atoms with Crippen molar-refractivity contribution in [3.8, 4) is 0 Å². The van der Waals surface area contributed by atoms with E-state index in [1.807, 2.05) is 30.3 Å². The first-order valence-corrected chi connectivity index (χ1v) is 13.0. The Morgan fingerprint density at radius 2 is 1.39 bits per heavy atom. The highest BCUT2D eigenvalue weighted by molar-refractivity contribution is 5.94. The van der Waals surface area contributed by atoms with Crippen molar-refractivity contribution in [2.75, 3.05) is 19.6 Å². The third-order valence-electron chi connectivity index (χ3n) is 6.80. The molecule has 0 radical (unpaired) electrons. The van der Waals surface area contributed by atoms with Gasteiger partial charge in [0.15, 0.2) is 5.78 Å². The number of rotatable bonds is 5. The maximum Gasteiger partial charge on any atom is 0.471 e. The Kier molecular flexibility index (Phi) is 10.5. The average molecular weight is 581 g/mol. The molecule has 1 fully saturated rings. The Hall–Kier alpha value is -3.89.